The average molecular weight is 376 g/mol. The van der Waals surface area contributed by atoms with Crippen molar-refractivity contribution in [2.45, 2.75) is 6.04 Å². The highest BCUT2D eigenvalue weighted by Gasteiger charge is 2.30. The lowest BCUT2D eigenvalue weighted by atomic mass is 9.86. The first-order chi connectivity index (χ1) is 14.3. The van der Waals surface area contributed by atoms with Crippen LogP contribution in [-0.4, -0.2) is 6.03 Å². The van der Waals surface area contributed by atoms with E-state index in [2.05, 4.69) is 53.1 Å². The van der Waals surface area contributed by atoms with Gasteiger partial charge in [-0.2, -0.15) is 0 Å². The Morgan fingerprint density at radius 3 is 2.00 bits per heavy atom. The quantitative estimate of drug-likeness (QED) is 0.469. The minimum absolute atomic E-state index is 0.193. The van der Waals surface area contributed by atoms with Crippen molar-refractivity contribution in [1.82, 2.24) is 10.6 Å². The standard InChI is InChI=1S/C26H20N2O/c29-26-27-24(20-13-5-2-6-14-20)23(19-11-3-1-4-12-19)25(28-26)22-17-9-15-18-10-7-8-16-21(18)22/h1-17,25H,(H2,27,28,29). The molecule has 0 saturated heterocycles. The van der Waals surface area contributed by atoms with Gasteiger partial charge < -0.3 is 10.6 Å². The Balaban J connectivity index is 1.80. The zero-order chi connectivity index (χ0) is 19.6. The van der Waals surface area contributed by atoms with Crippen molar-refractivity contribution in [2.75, 3.05) is 0 Å². The van der Waals surface area contributed by atoms with Gasteiger partial charge in [-0.25, -0.2) is 4.79 Å². The highest BCUT2D eigenvalue weighted by Crippen LogP contribution is 2.40. The van der Waals surface area contributed by atoms with Crippen molar-refractivity contribution in [3.63, 3.8) is 0 Å². The summed E-state index contributed by atoms with van der Waals surface area (Å²) in [6.07, 6.45) is 0. The minimum atomic E-state index is -0.257. The maximum Gasteiger partial charge on any atom is 0.320 e. The van der Waals surface area contributed by atoms with Crippen LogP contribution in [0.3, 0.4) is 0 Å². The third-order valence-corrected chi connectivity index (χ3v) is 5.35. The summed E-state index contributed by atoms with van der Waals surface area (Å²) >= 11 is 0. The van der Waals surface area contributed by atoms with Crippen molar-refractivity contribution in [1.29, 1.82) is 0 Å². The van der Waals surface area contributed by atoms with Gasteiger partial charge in [-0.05, 0) is 27.5 Å². The number of carbonyl (C=O) groups excluding carboxylic acids is 1. The Kier molecular flexibility index (Phi) is 4.34. The Bertz CT molecular complexity index is 1210. The summed E-state index contributed by atoms with van der Waals surface area (Å²) in [5, 5.41) is 8.52. The van der Waals surface area contributed by atoms with Crippen molar-refractivity contribution in [3.05, 3.63) is 120 Å². The predicted molar refractivity (Wildman–Crippen MR) is 118 cm³/mol. The van der Waals surface area contributed by atoms with E-state index in [1.165, 1.54) is 0 Å². The molecule has 1 aliphatic rings. The third kappa shape index (κ3) is 3.17. The van der Waals surface area contributed by atoms with Crippen LogP contribution in [0.15, 0.2) is 103 Å². The molecule has 0 saturated carbocycles. The fourth-order valence-corrected chi connectivity index (χ4v) is 4.06. The van der Waals surface area contributed by atoms with Gasteiger partial charge in [-0.3, -0.25) is 0 Å². The Hall–Kier alpha value is -3.85. The summed E-state index contributed by atoms with van der Waals surface area (Å²) in [7, 11) is 0. The first-order valence-electron chi connectivity index (χ1n) is 9.71. The van der Waals surface area contributed by atoms with E-state index in [0.29, 0.717) is 0 Å². The maximum absolute atomic E-state index is 12.7. The molecular weight excluding hydrogens is 356 g/mol. The zero-order valence-corrected chi connectivity index (χ0v) is 15.8. The molecule has 2 amide bonds. The van der Waals surface area contributed by atoms with Crippen LogP contribution in [0.4, 0.5) is 4.79 Å². The van der Waals surface area contributed by atoms with Crippen LogP contribution in [0, 0.1) is 0 Å². The van der Waals surface area contributed by atoms with Gasteiger partial charge >= 0.3 is 6.03 Å². The lowest BCUT2D eigenvalue weighted by Crippen LogP contribution is -2.43. The highest BCUT2D eigenvalue weighted by atomic mass is 16.2. The van der Waals surface area contributed by atoms with Crippen LogP contribution in [0.5, 0.6) is 0 Å². The first-order valence-corrected chi connectivity index (χ1v) is 9.71. The topological polar surface area (TPSA) is 41.1 Å². The van der Waals surface area contributed by atoms with Gasteiger partial charge in [0.1, 0.15) is 0 Å². The summed E-state index contributed by atoms with van der Waals surface area (Å²) in [4.78, 5) is 12.7. The zero-order valence-electron chi connectivity index (χ0n) is 15.8. The molecule has 4 aromatic carbocycles. The number of carbonyl (C=O) groups is 1. The molecule has 140 valence electrons. The van der Waals surface area contributed by atoms with E-state index >= 15 is 0 Å². The molecular formula is C26H20N2O. The van der Waals surface area contributed by atoms with Crippen molar-refractivity contribution in [2.24, 2.45) is 0 Å². The summed E-state index contributed by atoms with van der Waals surface area (Å²) in [6.45, 7) is 0. The molecule has 2 N–H and O–H groups in total. The van der Waals surface area contributed by atoms with Gasteiger partial charge in [-0.15, -0.1) is 0 Å². The lowest BCUT2D eigenvalue weighted by molar-refractivity contribution is 0.242. The second-order valence-corrected chi connectivity index (χ2v) is 7.12. The number of hydrogen-bond acceptors (Lipinski definition) is 1. The fourth-order valence-electron chi connectivity index (χ4n) is 4.06. The van der Waals surface area contributed by atoms with Gasteiger partial charge in [0.05, 0.1) is 11.7 Å². The third-order valence-electron chi connectivity index (χ3n) is 5.35. The van der Waals surface area contributed by atoms with Crippen molar-refractivity contribution >= 4 is 28.1 Å². The summed E-state index contributed by atoms with van der Waals surface area (Å²) in [5.74, 6) is 0. The number of benzene rings is 4. The van der Waals surface area contributed by atoms with Gasteiger partial charge in [0.15, 0.2) is 0 Å². The van der Waals surface area contributed by atoms with Gasteiger partial charge in [-0.1, -0.05) is 103 Å². The fraction of sp³-hybridized carbons (Fsp3) is 0.0385. The van der Waals surface area contributed by atoms with Crippen LogP contribution in [0.2, 0.25) is 0 Å². The highest BCUT2D eigenvalue weighted by molar-refractivity contribution is 6.04. The van der Waals surface area contributed by atoms with Crippen LogP contribution in [-0.2, 0) is 0 Å². The SMILES string of the molecule is O=C1NC(c2ccccc2)=C(c2ccccc2)C(c2cccc3ccccc23)N1. The molecule has 0 fully saturated rings. The van der Waals surface area contributed by atoms with Gasteiger partial charge in [0.2, 0.25) is 0 Å². The van der Waals surface area contributed by atoms with Crippen molar-refractivity contribution < 1.29 is 4.79 Å². The van der Waals surface area contributed by atoms with E-state index in [1.807, 2.05) is 60.7 Å². The molecule has 1 aliphatic heterocycles. The molecule has 0 bridgehead atoms. The van der Waals surface area contributed by atoms with E-state index in [0.717, 1.165) is 38.7 Å². The predicted octanol–water partition coefficient (Wildman–Crippen LogP) is 5.76. The number of rotatable bonds is 3. The van der Waals surface area contributed by atoms with Gasteiger partial charge in [0, 0.05) is 5.57 Å². The van der Waals surface area contributed by atoms with Crippen LogP contribution >= 0.6 is 0 Å². The molecule has 0 radical (unpaired) electrons. The molecule has 0 spiro atoms. The number of urea groups is 1. The minimum Gasteiger partial charge on any atom is -0.327 e. The van der Waals surface area contributed by atoms with Crippen LogP contribution in [0.25, 0.3) is 22.0 Å². The van der Waals surface area contributed by atoms with E-state index in [1.54, 1.807) is 0 Å². The number of nitrogens with one attached hydrogen (secondary N) is 2. The van der Waals surface area contributed by atoms with E-state index < -0.39 is 0 Å². The second kappa shape index (κ2) is 7.28. The molecule has 5 rings (SSSR count). The largest absolute Gasteiger partial charge is 0.327 e. The van der Waals surface area contributed by atoms with Crippen LogP contribution in [0.1, 0.15) is 22.7 Å². The van der Waals surface area contributed by atoms with Gasteiger partial charge in [0.25, 0.3) is 0 Å². The molecule has 0 aliphatic carbocycles. The van der Waals surface area contributed by atoms with Crippen LogP contribution < -0.4 is 10.6 Å². The number of fused-ring (bicyclic) bond motifs is 1. The monoisotopic (exact) mass is 376 g/mol. The summed E-state index contributed by atoms with van der Waals surface area (Å²) in [6, 6.07) is 34.4. The molecule has 1 unspecified atom stereocenters. The number of hydrogen-bond donors (Lipinski definition) is 2. The number of amides is 2. The van der Waals surface area contributed by atoms with Crippen molar-refractivity contribution in [3.8, 4) is 0 Å². The average Bonchev–Trinajstić information content (AvgIpc) is 2.79. The smallest absolute Gasteiger partial charge is 0.320 e. The molecule has 3 nitrogen and oxygen atoms in total. The first kappa shape index (κ1) is 17.3. The molecule has 1 heterocycles. The molecule has 3 heteroatoms. The van der Waals surface area contributed by atoms with E-state index in [-0.39, 0.29) is 12.1 Å². The summed E-state index contributed by atoms with van der Waals surface area (Å²) < 4.78 is 0. The second-order valence-electron chi connectivity index (χ2n) is 7.12. The van der Waals surface area contributed by atoms with E-state index in [4.69, 9.17) is 0 Å². The normalized spacial score (nSPS) is 16.4. The Labute approximate surface area is 169 Å². The molecule has 0 aromatic heterocycles. The molecule has 29 heavy (non-hydrogen) atoms. The Morgan fingerprint density at radius 2 is 1.24 bits per heavy atom. The Morgan fingerprint density at radius 1 is 0.621 bits per heavy atom. The molecule has 1 atom stereocenters. The summed E-state index contributed by atoms with van der Waals surface area (Å²) in [5.41, 5.74) is 5.07. The van der Waals surface area contributed by atoms with E-state index in [9.17, 15) is 4.79 Å². The molecule has 4 aromatic rings. The lowest BCUT2D eigenvalue weighted by Gasteiger charge is -2.32. The maximum atomic E-state index is 12.7.